The summed E-state index contributed by atoms with van der Waals surface area (Å²) in [7, 11) is 0. The van der Waals surface area contributed by atoms with Crippen molar-refractivity contribution in [3.63, 3.8) is 0 Å². The number of thioether (sulfide) groups is 1. The minimum absolute atomic E-state index is 0.0210. The summed E-state index contributed by atoms with van der Waals surface area (Å²) < 4.78 is 0.850. The molecule has 24 heavy (non-hydrogen) atoms. The predicted octanol–water partition coefficient (Wildman–Crippen LogP) is 3.58. The molecule has 0 radical (unpaired) electrons. The van der Waals surface area contributed by atoms with Crippen LogP contribution in [0.1, 0.15) is 10.4 Å². The SMILES string of the molecule is CSc1ccc(Cl)c(C(=O)N2CCN(c3ncc(Br)cn3)CC2)c1. The summed E-state index contributed by atoms with van der Waals surface area (Å²) in [5, 5.41) is 0.497. The van der Waals surface area contributed by atoms with Gasteiger partial charge in [-0.15, -0.1) is 11.8 Å². The molecule has 1 amide bonds. The zero-order valence-electron chi connectivity index (χ0n) is 13.1. The molecule has 0 N–H and O–H groups in total. The fourth-order valence-corrected chi connectivity index (χ4v) is 3.39. The molecule has 1 saturated heterocycles. The quantitative estimate of drug-likeness (QED) is 0.701. The van der Waals surface area contributed by atoms with E-state index in [1.807, 2.05) is 23.3 Å². The highest BCUT2D eigenvalue weighted by molar-refractivity contribution is 9.10. The highest BCUT2D eigenvalue weighted by Gasteiger charge is 2.24. The Hall–Kier alpha value is -1.31. The first kappa shape index (κ1) is 17.5. The van der Waals surface area contributed by atoms with E-state index in [0.29, 0.717) is 42.7 Å². The van der Waals surface area contributed by atoms with Gasteiger partial charge in [0.2, 0.25) is 5.95 Å². The van der Waals surface area contributed by atoms with Crippen LogP contribution in [0.5, 0.6) is 0 Å². The molecule has 1 aromatic carbocycles. The molecule has 0 unspecified atom stereocenters. The summed E-state index contributed by atoms with van der Waals surface area (Å²) in [6.07, 6.45) is 5.44. The third-order valence-corrected chi connectivity index (χ3v) is 5.32. The lowest BCUT2D eigenvalue weighted by Crippen LogP contribution is -2.49. The third kappa shape index (κ3) is 3.84. The van der Waals surface area contributed by atoms with Crippen LogP contribution in [-0.4, -0.2) is 53.2 Å². The van der Waals surface area contributed by atoms with Crippen molar-refractivity contribution in [2.24, 2.45) is 0 Å². The van der Waals surface area contributed by atoms with Crippen molar-refractivity contribution in [2.45, 2.75) is 4.90 Å². The minimum Gasteiger partial charge on any atom is -0.337 e. The van der Waals surface area contributed by atoms with Crippen molar-refractivity contribution >= 4 is 51.1 Å². The van der Waals surface area contributed by atoms with Crippen LogP contribution in [0.3, 0.4) is 0 Å². The van der Waals surface area contributed by atoms with E-state index in [1.54, 1.807) is 30.2 Å². The molecule has 1 aromatic heterocycles. The molecule has 0 atom stereocenters. The molecule has 2 aromatic rings. The molecule has 5 nitrogen and oxygen atoms in total. The summed E-state index contributed by atoms with van der Waals surface area (Å²) >= 11 is 11.1. The van der Waals surface area contributed by atoms with Crippen molar-refractivity contribution in [1.82, 2.24) is 14.9 Å². The number of hydrogen-bond acceptors (Lipinski definition) is 5. The number of carbonyl (C=O) groups is 1. The number of amides is 1. The average Bonchev–Trinajstić information content (AvgIpc) is 2.62. The Labute approximate surface area is 158 Å². The Bertz CT molecular complexity index is 735. The highest BCUT2D eigenvalue weighted by Crippen LogP contribution is 2.25. The monoisotopic (exact) mass is 426 g/mol. The van der Waals surface area contributed by atoms with Crippen LogP contribution in [0.15, 0.2) is 40.0 Å². The number of anilines is 1. The van der Waals surface area contributed by atoms with Gasteiger partial charge in [-0.05, 0) is 40.4 Å². The lowest BCUT2D eigenvalue weighted by Gasteiger charge is -2.34. The van der Waals surface area contributed by atoms with Crippen LogP contribution in [0, 0.1) is 0 Å². The molecule has 1 fully saturated rings. The lowest BCUT2D eigenvalue weighted by molar-refractivity contribution is 0.0746. The van der Waals surface area contributed by atoms with Crippen molar-refractivity contribution < 1.29 is 4.79 Å². The van der Waals surface area contributed by atoms with Gasteiger partial charge in [-0.25, -0.2) is 9.97 Å². The van der Waals surface area contributed by atoms with Gasteiger partial charge in [-0.1, -0.05) is 11.6 Å². The smallest absolute Gasteiger partial charge is 0.255 e. The Morgan fingerprint density at radius 3 is 2.50 bits per heavy atom. The van der Waals surface area contributed by atoms with E-state index < -0.39 is 0 Å². The average molecular weight is 428 g/mol. The maximum absolute atomic E-state index is 12.8. The Morgan fingerprint density at radius 2 is 1.88 bits per heavy atom. The number of aromatic nitrogens is 2. The van der Waals surface area contributed by atoms with Gasteiger partial charge >= 0.3 is 0 Å². The summed E-state index contributed by atoms with van der Waals surface area (Å²) in [5.41, 5.74) is 0.567. The molecule has 1 aliphatic rings. The van der Waals surface area contributed by atoms with Crippen LogP contribution < -0.4 is 4.90 Å². The maximum atomic E-state index is 12.8. The summed E-state index contributed by atoms with van der Waals surface area (Å²) in [4.78, 5) is 26.3. The molecule has 2 heterocycles. The van der Waals surface area contributed by atoms with Crippen LogP contribution in [0.2, 0.25) is 5.02 Å². The standard InChI is InChI=1S/C16H16BrClN4OS/c1-24-12-2-3-14(18)13(8-12)15(23)21-4-6-22(7-5-21)16-19-9-11(17)10-20-16/h2-3,8-10H,4-7H2,1H3. The Morgan fingerprint density at radius 1 is 1.21 bits per heavy atom. The molecule has 0 spiro atoms. The first-order valence-corrected chi connectivity index (χ1v) is 9.83. The van der Waals surface area contributed by atoms with Crippen LogP contribution in [-0.2, 0) is 0 Å². The minimum atomic E-state index is -0.0210. The molecule has 0 bridgehead atoms. The summed E-state index contributed by atoms with van der Waals surface area (Å²) in [6.45, 7) is 2.65. The van der Waals surface area contributed by atoms with E-state index in [2.05, 4.69) is 30.8 Å². The van der Waals surface area contributed by atoms with Crippen molar-refractivity contribution in [3.05, 3.63) is 45.7 Å². The van der Waals surface area contributed by atoms with Gasteiger partial charge in [0, 0.05) is 43.5 Å². The second kappa shape index (κ2) is 7.72. The van der Waals surface area contributed by atoms with Crippen LogP contribution in [0.25, 0.3) is 0 Å². The van der Waals surface area contributed by atoms with Gasteiger partial charge in [0.25, 0.3) is 5.91 Å². The molecule has 126 valence electrons. The van der Waals surface area contributed by atoms with Gasteiger partial charge in [-0.3, -0.25) is 4.79 Å². The largest absolute Gasteiger partial charge is 0.337 e. The van der Waals surface area contributed by atoms with E-state index in [0.717, 1.165) is 9.37 Å². The van der Waals surface area contributed by atoms with Gasteiger partial charge in [-0.2, -0.15) is 0 Å². The van der Waals surface area contributed by atoms with E-state index in [-0.39, 0.29) is 5.91 Å². The fourth-order valence-electron chi connectivity index (χ4n) is 2.54. The number of carbonyl (C=O) groups excluding carboxylic acids is 1. The Kier molecular flexibility index (Phi) is 5.63. The summed E-state index contributed by atoms with van der Waals surface area (Å²) in [5.74, 6) is 0.667. The summed E-state index contributed by atoms with van der Waals surface area (Å²) in [6, 6.07) is 5.57. The van der Waals surface area contributed by atoms with E-state index in [9.17, 15) is 4.79 Å². The zero-order valence-corrected chi connectivity index (χ0v) is 16.2. The van der Waals surface area contributed by atoms with Crippen LogP contribution in [0.4, 0.5) is 5.95 Å². The van der Waals surface area contributed by atoms with E-state index in [1.165, 1.54) is 0 Å². The molecular weight excluding hydrogens is 412 g/mol. The second-order valence-corrected chi connectivity index (χ2v) is 7.53. The predicted molar refractivity (Wildman–Crippen MR) is 101 cm³/mol. The van der Waals surface area contributed by atoms with Crippen LogP contribution >= 0.6 is 39.3 Å². The molecule has 1 aliphatic heterocycles. The van der Waals surface area contributed by atoms with Gasteiger partial charge in [0.05, 0.1) is 15.1 Å². The fraction of sp³-hybridized carbons (Fsp3) is 0.312. The van der Waals surface area contributed by atoms with Crippen molar-refractivity contribution in [3.8, 4) is 0 Å². The molecular formula is C16H16BrClN4OS. The number of hydrogen-bond donors (Lipinski definition) is 0. The molecule has 8 heteroatoms. The number of halogens is 2. The lowest BCUT2D eigenvalue weighted by atomic mass is 10.2. The van der Waals surface area contributed by atoms with Gasteiger partial charge in [0.1, 0.15) is 0 Å². The van der Waals surface area contributed by atoms with E-state index in [4.69, 9.17) is 11.6 Å². The van der Waals surface area contributed by atoms with Gasteiger partial charge < -0.3 is 9.80 Å². The number of nitrogens with zero attached hydrogens (tertiary/aromatic N) is 4. The topological polar surface area (TPSA) is 49.3 Å². The molecule has 0 aliphatic carbocycles. The number of rotatable bonds is 3. The first-order valence-electron chi connectivity index (χ1n) is 7.44. The third-order valence-electron chi connectivity index (χ3n) is 3.86. The van der Waals surface area contributed by atoms with Gasteiger partial charge in [0.15, 0.2) is 0 Å². The Balaban J connectivity index is 1.68. The zero-order chi connectivity index (χ0) is 17.1. The highest BCUT2D eigenvalue weighted by atomic mass is 79.9. The second-order valence-electron chi connectivity index (χ2n) is 5.33. The maximum Gasteiger partial charge on any atom is 0.255 e. The first-order chi connectivity index (χ1) is 11.6. The number of benzene rings is 1. The van der Waals surface area contributed by atoms with Crippen molar-refractivity contribution in [1.29, 1.82) is 0 Å². The normalized spacial score (nSPS) is 14.8. The number of piperazine rings is 1. The van der Waals surface area contributed by atoms with E-state index >= 15 is 0 Å². The molecule has 0 saturated carbocycles. The molecule has 3 rings (SSSR count). The van der Waals surface area contributed by atoms with Crippen molar-refractivity contribution in [2.75, 3.05) is 37.3 Å².